The lowest BCUT2D eigenvalue weighted by Gasteiger charge is -2.07. The molecule has 0 fully saturated rings. The van der Waals surface area contributed by atoms with Gasteiger partial charge in [-0.2, -0.15) is 0 Å². The maximum Gasteiger partial charge on any atom is 0.251 e. The standard InChI is InChI=1S/C15H21NO3/c1-12(2)14(17)8-10-19-11-9-16-15(18)13-6-4-3-5-7-13/h3-7,12H,8-11H2,1-2H3,(H,16,18). The minimum Gasteiger partial charge on any atom is -0.379 e. The molecule has 0 radical (unpaired) electrons. The van der Waals surface area contributed by atoms with Crippen LogP contribution in [0.4, 0.5) is 0 Å². The molecule has 4 nitrogen and oxygen atoms in total. The number of Topliss-reactive ketones (excluding diaryl/α,β-unsaturated/α-hetero) is 1. The van der Waals surface area contributed by atoms with E-state index in [1.807, 2.05) is 32.0 Å². The van der Waals surface area contributed by atoms with Crippen LogP contribution in [0.15, 0.2) is 30.3 Å². The Morgan fingerprint density at radius 1 is 1.16 bits per heavy atom. The van der Waals surface area contributed by atoms with Gasteiger partial charge in [0.05, 0.1) is 13.2 Å². The topological polar surface area (TPSA) is 55.4 Å². The highest BCUT2D eigenvalue weighted by atomic mass is 16.5. The van der Waals surface area contributed by atoms with E-state index in [9.17, 15) is 9.59 Å². The first-order valence-corrected chi connectivity index (χ1v) is 6.55. The monoisotopic (exact) mass is 263 g/mol. The molecule has 1 aromatic rings. The number of ether oxygens (including phenoxy) is 1. The van der Waals surface area contributed by atoms with Crippen LogP contribution >= 0.6 is 0 Å². The molecule has 0 aliphatic heterocycles. The van der Waals surface area contributed by atoms with Crippen molar-refractivity contribution >= 4 is 11.7 Å². The number of hydrogen-bond acceptors (Lipinski definition) is 3. The molecule has 1 aromatic carbocycles. The van der Waals surface area contributed by atoms with E-state index >= 15 is 0 Å². The molecule has 0 bridgehead atoms. The second kappa shape index (κ2) is 8.43. The second-order valence-electron chi connectivity index (χ2n) is 4.61. The fourth-order valence-corrected chi connectivity index (χ4v) is 1.49. The molecule has 0 aliphatic rings. The van der Waals surface area contributed by atoms with Gasteiger partial charge in [0.1, 0.15) is 5.78 Å². The highest BCUT2D eigenvalue weighted by Gasteiger charge is 2.06. The normalized spacial score (nSPS) is 10.5. The summed E-state index contributed by atoms with van der Waals surface area (Å²) < 4.78 is 5.31. The molecular formula is C15H21NO3. The maximum absolute atomic E-state index is 11.7. The Kier molecular flexibility index (Phi) is 6.82. The van der Waals surface area contributed by atoms with E-state index in [-0.39, 0.29) is 17.6 Å². The zero-order valence-electron chi connectivity index (χ0n) is 11.5. The third-order valence-electron chi connectivity index (χ3n) is 2.70. The fraction of sp³-hybridized carbons (Fsp3) is 0.467. The lowest BCUT2D eigenvalue weighted by molar-refractivity contribution is -0.122. The van der Waals surface area contributed by atoms with Crippen molar-refractivity contribution in [2.24, 2.45) is 5.92 Å². The molecule has 0 saturated heterocycles. The van der Waals surface area contributed by atoms with E-state index in [2.05, 4.69) is 5.32 Å². The van der Waals surface area contributed by atoms with Crippen molar-refractivity contribution in [3.05, 3.63) is 35.9 Å². The van der Waals surface area contributed by atoms with Crippen LogP contribution in [0.3, 0.4) is 0 Å². The molecule has 0 spiro atoms. The summed E-state index contributed by atoms with van der Waals surface area (Å²) >= 11 is 0. The minimum absolute atomic E-state index is 0.0568. The fourth-order valence-electron chi connectivity index (χ4n) is 1.49. The molecule has 1 amide bonds. The summed E-state index contributed by atoms with van der Waals surface area (Å²) in [5.41, 5.74) is 0.637. The molecule has 0 aromatic heterocycles. The zero-order valence-corrected chi connectivity index (χ0v) is 11.5. The van der Waals surface area contributed by atoms with E-state index in [0.29, 0.717) is 31.7 Å². The smallest absolute Gasteiger partial charge is 0.251 e. The number of ketones is 1. The molecule has 104 valence electrons. The summed E-state index contributed by atoms with van der Waals surface area (Å²) in [5.74, 6) is 0.150. The largest absolute Gasteiger partial charge is 0.379 e. The van der Waals surface area contributed by atoms with Crippen molar-refractivity contribution in [1.82, 2.24) is 5.32 Å². The Hall–Kier alpha value is -1.68. The zero-order chi connectivity index (χ0) is 14.1. The average molecular weight is 263 g/mol. The van der Waals surface area contributed by atoms with Crippen molar-refractivity contribution in [2.75, 3.05) is 19.8 Å². The molecule has 19 heavy (non-hydrogen) atoms. The van der Waals surface area contributed by atoms with E-state index in [1.54, 1.807) is 12.1 Å². The van der Waals surface area contributed by atoms with Gasteiger partial charge in [0.25, 0.3) is 5.91 Å². The van der Waals surface area contributed by atoms with Gasteiger partial charge in [-0.15, -0.1) is 0 Å². The number of carbonyl (C=O) groups is 2. The molecule has 0 heterocycles. The summed E-state index contributed by atoms with van der Waals surface area (Å²) in [6.07, 6.45) is 0.435. The third-order valence-corrected chi connectivity index (χ3v) is 2.70. The molecule has 1 rings (SSSR count). The number of rotatable bonds is 8. The average Bonchev–Trinajstić information content (AvgIpc) is 2.42. The van der Waals surface area contributed by atoms with Crippen LogP contribution in [0, 0.1) is 5.92 Å². The van der Waals surface area contributed by atoms with Gasteiger partial charge in [-0.3, -0.25) is 9.59 Å². The van der Waals surface area contributed by atoms with Gasteiger partial charge in [-0.1, -0.05) is 32.0 Å². The summed E-state index contributed by atoms with van der Waals surface area (Å²) in [6.45, 7) is 5.04. The first-order chi connectivity index (χ1) is 9.11. The highest BCUT2D eigenvalue weighted by Crippen LogP contribution is 1.99. The van der Waals surface area contributed by atoms with Gasteiger partial charge in [-0.25, -0.2) is 0 Å². The van der Waals surface area contributed by atoms with Gasteiger partial charge >= 0.3 is 0 Å². The summed E-state index contributed by atoms with van der Waals surface area (Å²) in [5, 5.41) is 2.76. The Morgan fingerprint density at radius 2 is 1.84 bits per heavy atom. The lowest BCUT2D eigenvalue weighted by Crippen LogP contribution is -2.27. The number of nitrogens with one attached hydrogen (secondary N) is 1. The van der Waals surface area contributed by atoms with Gasteiger partial charge < -0.3 is 10.1 Å². The SMILES string of the molecule is CC(C)C(=O)CCOCCNC(=O)c1ccccc1. The molecule has 1 N–H and O–H groups in total. The molecular weight excluding hydrogens is 242 g/mol. The number of amides is 1. The quantitative estimate of drug-likeness (QED) is 0.730. The van der Waals surface area contributed by atoms with Crippen LogP contribution in [-0.4, -0.2) is 31.4 Å². The molecule has 0 aliphatic carbocycles. The predicted molar refractivity (Wildman–Crippen MR) is 74.1 cm³/mol. The highest BCUT2D eigenvalue weighted by molar-refractivity contribution is 5.94. The van der Waals surface area contributed by atoms with Crippen LogP contribution in [-0.2, 0) is 9.53 Å². The van der Waals surface area contributed by atoms with Crippen LogP contribution in [0.2, 0.25) is 0 Å². The Labute approximate surface area is 114 Å². The van der Waals surface area contributed by atoms with Gasteiger partial charge in [-0.05, 0) is 12.1 Å². The first-order valence-electron chi connectivity index (χ1n) is 6.55. The van der Waals surface area contributed by atoms with Crippen LogP contribution in [0.25, 0.3) is 0 Å². The second-order valence-corrected chi connectivity index (χ2v) is 4.61. The first kappa shape index (κ1) is 15.4. The Balaban J connectivity index is 2.08. The molecule has 0 unspecified atom stereocenters. The summed E-state index contributed by atoms with van der Waals surface area (Å²) in [4.78, 5) is 23.0. The van der Waals surface area contributed by atoms with E-state index < -0.39 is 0 Å². The number of hydrogen-bond donors (Lipinski definition) is 1. The van der Waals surface area contributed by atoms with Crippen molar-refractivity contribution in [3.63, 3.8) is 0 Å². The van der Waals surface area contributed by atoms with Gasteiger partial charge in [0.2, 0.25) is 0 Å². The minimum atomic E-state index is -0.109. The van der Waals surface area contributed by atoms with Crippen LogP contribution in [0.5, 0.6) is 0 Å². The summed E-state index contributed by atoms with van der Waals surface area (Å²) in [7, 11) is 0. The van der Waals surface area contributed by atoms with E-state index in [4.69, 9.17) is 4.74 Å². The van der Waals surface area contributed by atoms with Crippen molar-refractivity contribution in [3.8, 4) is 0 Å². The molecule has 4 heteroatoms. The van der Waals surface area contributed by atoms with E-state index in [0.717, 1.165) is 0 Å². The maximum atomic E-state index is 11.7. The molecule has 0 saturated carbocycles. The number of benzene rings is 1. The van der Waals surface area contributed by atoms with Crippen LogP contribution in [0.1, 0.15) is 30.6 Å². The third kappa shape index (κ3) is 6.15. The van der Waals surface area contributed by atoms with Crippen molar-refractivity contribution in [2.45, 2.75) is 20.3 Å². The Morgan fingerprint density at radius 3 is 2.47 bits per heavy atom. The number of carbonyl (C=O) groups excluding carboxylic acids is 2. The van der Waals surface area contributed by atoms with Gasteiger partial charge in [0.15, 0.2) is 0 Å². The van der Waals surface area contributed by atoms with Crippen LogP contribution < -0.4 is 5.32 Å². The van der Waals surface area contributed by atoms with E-state index in [1.165, 1.54) is 0 Å². The predicted octanol–water partition coefficient (Wildman–Crippen LogP) is 2.05. The van der Waals surface area contributed by atoms with Gasteiger partial charge in [0, 0.05) is 24.4 Å². The Bertz CT molecular complexity index is 401. The lowest BCUT2D eigenvalue weighted by atomic mass is 10.1. The molecule has 0 atom stereocenters. The summed E-state index contributed by atoms with van der Waals surface area (Å²) in [6, 6.07) is 9.03. The van der Waals surface area contributed by atoms with Crippen molar-refractivity contribution < 1.29 is 14.3 Å². The van der Waals surface area contributed by atoms with Crippen molar-refractivity contribution in [1.29, 1.82) is 0 Å².